The van der Waals surface area contributed by atoms with Gasteiger partial charge in [-0.05, 0) is 32.9 Å². The Morgan fingerprint density at radius 2 is 1.90 bits per heavy atom. The lowest BCUT2D eigenvalue weighted by Gasteiger charge is -2.43. The Bertz CT molecular complexity index is 559. The summed E-state index contributed by atoms with van der Waals surface area (Å²) in [6, 6.07) is 3.96. The molecule has 0 aliphatic carbocycles. The Hall–Kier alpha value is -0.470. The SMILES string of the molecule is COCCN1C(C)CN(S(=O)(=O)c2ccc(C)s2)CC1C. The maximum atomic E-state index is 12.7. The zero-order valence-corrected chi connectivity index (χ0v) is 14.7. The number of piperazine rings is 1. The molecule has 1 aromatic heterocycles. The van der Waals surface area contributed by atoms with Crippen LogP contribution in [0, 0.1) is 6.92 Å². The van der Waals surface area contributed by atoms with Crippen LogP contribution in [0.3, 0.4) is 0 Å². The maximum absolute atomic E-state index is 12.7. The van der Waals surface area contributed by atoms with Crippen LogP contribution in [0.25, 0.3) is 0 Å². The molecule has 0 saturated carbocycles. The first kappa shape index (κ1) is 16.9. The molecule has 2 heterocycles. The number of nitrogens with zero attached hydrogens (tertiary/aromatic N) is 2. The molecule has 1 fully saturated rings. The second-order valence-electron chi connectivity index (χ2n) is 5.62. The highest BCUT2D eigenvalue weighted by atomic mass is 32.2. The Labute approximate surface area is 131 Å². The molecule has 1 saturated heterocycles. The van der Waals surface area contributed by atoms with Gasteiger partial charge in [-0.2, -0.15) is 4.31 Å². The van der Waals surface area contributed by atoms with Crippen molar-refractivity contribution < 1.29 is 13.2 Å². The quantitative estimate of drug-likeness (QED) is 0.825. The minimum atomic E-state index is -3.36. The number of aryl methyl sites for hydroxylation is 1. The number of ether oxygens (including phenoxy) is 1. The van der Waals surface area contributed by atoms with E-state index in [1.165, 1.54) is 11.3 Å². The van der Waals surface area contributed by atoms with Crippen molar-refractivity contribution in [1.82, 2.24) is 9.21 Å². The number of sulfonamides is 1. The molecule has 0 bridgehead atoms. The predicted molar refractivity (Wildman–Crippen MR) is 85.3 cm³/mol. The smallest absolute Gasteiger partial charge is 0.252 e. The lowest BCUT2D eigenvalue weighted by molar-refractivity contribution is 0.0496. The van der Waals surface area contributed by atoms with Gasteiger partial charge < -0.3 is 4.74 Å². The molecular weight excluding hydrogens is 308 g/mol. The molecule has 120 valence electrons. The Balaban J connectivity index is 2.13. The van der Waals surface area contributed by atoms with Gasteiger partial charge in [0.1, 0.15) is 4.21 Å². The summed E-state index contributed by atoms with van der Waals surface area (Å²) in [7, 11) is -1.67. The van der Waals surface area contributed by atoms with Crippen molar-refractivity contribution in [2.24, 2.45) is 0 Å². The molecule has 0 spiro atoms. The molecular formula is C14H24N2O3S2. The van der Waals surface area contributed by atoms with Crippen molar-refractivity contribution in [2.75, 3.05) is 33.4 Å². The third kappa shape index (κ3) is 3.65. The first-order chi connectivity index (χ1) is 9.86. The minimum absolute atomic E-state index is 0.194. The second-order valence-corrected chi connectivity index (χ2v) is 9.07. The van der Waals surface area contributed by atoms with Crippen molar-refractivity contribution in [3.05, 3.63) is 17.0 Å². The van der Waals surface area contributed by atoms with Gasteiger partial charge in [-0.3, -0.25) is 4.90 Å². The number of methoxy groups -OCH3 is 1. The number of rotatable bonds is 5. The van der Waals surface area contributed by atoms with Gasteiger partial charge in [0.2, 0.25) is 0 Å². The number of thiophene rings is 1. The van der Waals surface area contributed by atoms with E-state index >= 15 is 0 Å². The molecule has 2 atom stereocenters. The van der Waals surface area contributed by atoms with Crippen molar-refractivity contribution in [3.8, 4) is 0 Å². The molecule has 0 radical (unpaired) electrons. The summed E-state index contributed by atoms with van der Waals surface area (Å²) in [6.07, 6.45) is 0. The Morgan fingerprint density at radius 1 is 1.29 bits per heavy atom. The first-order valence-electron chi connectivity index (χ1n) is 7.17. The van der Waals surface area contributed by atoms with Crippen LogP contribution >= 0.6 is 11.3 Å². The fraction of sp³-hybridized carbons (Fsp3) is 0.714. The molecule has 0 amide bonds. The molecule has 1 aromatic rings. The summed E-state index contributed by atoms with van der Waals surface area (Å²) in [5.41, 5.74) is 0. The number of hydrogen-bond acceptors (Lipinski definition) is 5. The van der Waals surface area contributed by atoms with Crippen LogP contribution in [0.4, 0.5) is 0 Å². The van der Waals surface area contributed by atoms with Crippen molar-refractivity contribution in [1.29, 1.82) is 0 Å². The molecule has 2 unspecified atom stereocenters. The normalized spacial score (nSPS) is 25.3. The highest BCUT2D eigenvalue weighted by Crippen LogP contribution is 2.27. The van der Waals surface area contributed by atoms with Crippen LogP contribution in [-0.2, 0) is 14.8 Å². The first-order valence-corrected chi connectivity index (χ1v) is 9.43. The van der Waals surface area contributed by atoms with Crippen molar-refractivity contribution in [2.45, 2.75) is 37.1 Å². The van der Waals surface area contributed by atoms with E-state index in [2.05, 4.69) is 18.7 Å². The van der Waals surface area contributed by atoms with Gasteiger partial charge in [-0.25, -0.2) is 8.42 Å². The van der Waals surface area contributed by atoms with Gasteiger partial charge in [0.15, 0.2) is 0 Å². The topological polar surface area (TPSA) is 49.9 Å². The lowest BCUT2D eigenvalue weighted by atomic mass is 10.1. The van der Waals surface area contributed by atoms with Gasteiger partial charge in [0.05, 0.1) is 6.61 Å². The number of hydrogen-bond donors (Lipinski definition) is 0. The molecule has 21 heavy (non-hydrogen) atoms. The molecule has 1 aliphatic rings. The van der Waals surface area contributed by atoms with Crippen LogP contribution in [0.1, 0.15) is 18.7 Å². The fourth-order valence-corrected chi connectivity index (χ4v) is 5.86. The summed E-state index contributed by atoms with van der Waals surface area (Å²) < 4.78 is 32.6. The molecule has 0 aromatic carbocycles. The minimum Gasteiger partial charge on any atom is -0.383 e. The molecule has 1 aliphatic heterocycles. The average Bonchev–Trinajstić information content (AvgIpc) is 2.85. The summed E-state index contributed by atoms with van der Waals surface area (Å²) in [6.45, 7) is 8.66. The third-order valence-corrected chi connectivity index (χ3v) is 7.23. The standard InChI is InChI=1S/C14H24N2O3S2/c1-11-9-15(10-12(2)16(11)7-8-19-4)21(17,18)14-6-5-13(3)20-14/h5-6,11-12H,7-10H2,1-4H3. The van der Waals surface area contributed by atoms with E-state index in [0.717, 1.165) is 11.4 Å². The van der Waals surface area contributed by atoms with E-state index in [-0.39, 0.29) is 12.1 Å². The van der Waals surface area contributed by atoms with E-state index in [0.29, 0.717) is 23.9 Å². The molecule has 2 rings (SSSR count). The highest BCUT2D eigenvalue weighted by molar-refractivity contribution is 7.91. The summed E-state index contributed by atoms with van der Waals surface area (Å²) in [5, 5.41) is 0. The average molecular weight is 332 g/mol. The third-order valence-electron chi connectivity index (χ3n) is 3.93. The van der Waals surface area contributed by atoms with Crippen LogP contribution in [0.15, 0.2) is 16.3 Å². The van der Waals surface area contributed by atoms with Crippen molar-refractivity contribution in [3.63, 3.8) is 0 Å². The Kier molecular flexibility index (Phi) is 5.43. The van der Waals surface area contributed by atoms with Gasteiger partial charge in [0.25, 0.3) is 10.0 Å². The zero-order chi connectivity index (χ0) is 15.6. The van der Waals surface area contributed by atoms with Gasteiger partial charge >= 0.3 is 0 Å². The van der Waals surface area contributed by atoms with E-state index < -0.39 is 10.0 Å². The van der Waals surface area contributed by atoms with Crippen LogP contribution in [0.5, 0.6) is 0 Å². The molecule has 5 nitrogen and oxygen atoms in total. The summed E-state index contributed by atoms with van der Waals surface area (Å²) in [4.78, 5) is 3.34. The van der Waals surface area contributed by atoms with E-state index in [9.17, 15) is 8.42 Å². The molecule has 0 N–H and O–H groups in total. The van der Waals surface area contributed by atoms with E-state index in [1.807, 2.05) is 13.0 Å². The largest absolute Gasteiger partial charge is 0.383 e. The zero-order valence-electron chi connectivity index (χ0n) is 13.1. The lowest BCUT2D eigenvalue weighted by Crippen LogP contribution is -2.58. The monoisotopic (exact) mass is 332 g/mol. The second kappa shape index (κ2) is 6.75. The highest BCUT2D eigenvalue weighted by Gasteiger charge is 2.36. The van der Waals surface area contributed by atoms with Crippen LogP contribution in [-0.4, -0.2) is 63.1 Å². The van der Waals surface area contributed by atoms with E-state index in [1.54, 1.807) is 17.5 Å². The van der Waals surface area contributed by atoms with Gasteiger partial charge in [0, 0.05) is 43.7 Å². The van der Waals surface area contributed by atoms with Gasteiger partial charge in [-0.1, -0.05) is 0 Å². The Morgan fingerprint density at radius 3 is 2.38 bits per heavy atom. The maximum Gasteiger partial charge on any atom is 0.252 e. The van der Waals surface area contributed by atoms with Crippen LogP contribution < -0.4 is 0 Å². The van der Waals surface area contributed by atoms with Gasteiger partial charge in [-0.15, -0.1) is 11.3 Å². The summed E-state index contributed by atoms with van der Waals surface area (Å²) >= 11 is 1.34. The van der Waals surface area contributed by atoms with Crippen molar-refractivity contribution >= 4 is 21.4 Å². The fourth-order valence-electron chi connectivity index (χ4n) is 2.82. The predicted octanol–water partition coefficient (Wildman–Crippen LogP) is 1.79. The van der Waals surface area contributed by atoms with E-state index in [4.69, 9.17) is 4.74 Å². The molecule has 7 heteroatoms. The van der Waals surface area contributed by atoms with Crippen LogP contribution in [0.2, 0.25) is 0 Å². The summed E-state index contributed by atoms with van der Waals surface area (Å²) in [5.74, 6) is 0.